The molecule has 0 radical (unpaired) electrons. The van der Waals surface area contributed by atoms with Crippen molar-refractivity contribution < 1.29 is 13.2 Å². The Morgan fingerprint density at radius 2 is 2.19 bits per heavy atom. The predicted octanol–water partition coefficient (Wildman–Crippen LogP) is 0.957. The number of hydrogen-bond acceptors (Lipinski definition) is 5. The van der Waals surface area contributed by atoms with Gasteiger partial charge in [0, 0.05) is 13.1 Å². The minimum atomic E-state index is -3.21. The van der Waals surface area contributed by atoms with Gasteiger partial charge in [0.1, 0.15) is 11.3 Å². The van der Waals surface area contributed by atoms with Crippen LogP contribution in [0.15, 0.2) is 18.2 Å². The van der Waals surface area contributed by atoms with Gasteiger partial charge < -0.3 is 15.0 Å². The van der Waals surface area contributed by atoms with E-state index in [1.165, 1.54) is 0 Å². The van der Waals surface area contributed by atoms with Gasteiger partial charge in [0.15, 0.2) is 0 Å². The van der Waals surface area contributed by atoms with Gasteiger partial charge in [0.2, 0.25) is 16.0 Å². The van der Waals surface area contributed by atoms with Crippen LogP contribution in [-0.4, -0.2) is 37.4 Å². The summed E-state index contributed by atoms with van der Waals surface area (Å²) in [7, 11) is -3.21. The van der Waals surface area contributed by atoms with Gasteiger partial charge in [-0.25, -0.2) is 18.1 Å². The SMILES string of the molecule is CCCOc1cccc2c1nc(N)n2CCNS(C)(=O)=O. The van der Waals surface area contributed by atoms with Crippen LogP contribution in [0.2, 0.25) is 0 Å². The van der Waals surface area contributed by atoms with Gasteiger partial charge in [-0.05, 0) is 18.6 Å². The maximum absolute atomic E-state index is 11.1. The molecule has 21 heavy (non-hydrogen) atoms. The molecule has 0 bridgehead atoms. The molecule has 0 saturated heterocycles. The summed E-state index contributed by atoms with van der Waals surface area (Å²) in [6.45, 7) is 3.31. The summed E-state index contributed by atoms with van der Waals surface area (Å²) < 4.78 is 32.0. The molecule has 0 amide bonds. The van der Waals surface area contributed by atoms with Crippen LogP contribution >= 0.6 is 0 Å². The third-order valence-corrected chi connectivity index (χ3v) is 3.66. The number of nitrogens with one attached hydrogen (secondary N) is 1. The summed E-state index contributed by atoms with van der Waals surface area (Å²) in [5.74, 6) is 1.03. The lowest BCUT2D eigenvalue weighted by atomic mass is 10.3. The average Bonchev–Trinajstić information content (AvgIpc) is 2.72. The highest BCUT2D eigenvalue weighted by molar-refractivity contribution is 7.88. The molecule has 2 aromatic rings. The van der Waals surface area contributed by atoms with E-state index in [9.17, 15) is 8.42 Å². The molecule has 1 aromatic carbocycles. The lowest BCUT2D eigenvalue weighted by molar-refractivity contribution is 0.320. The van der Waals surface area contributed by atoms with E-state index in [0.717, 1.165) is 18.2 Å². The first-order chi connectivity index (χ1) is 9.92. The van der Waals surface area contributed by atoms with Crippen LogP contribution in [0.1, 0.15) is 13.3 Å². The van der Waals surface area contributed by atoms with Crippen molar-refractivity contribution in [3.8, 4) is 5.75 Å². The molecule has 3 N–H and O–H groups in total. The molecule has 1 aromatic heterocycles. The van der Waals surface area contributed by atoms with Crippen molar-refractivity contribution in [2.45, 2.75) is 19.9 Å². The monoisotopic (exact) mass is 312 g/mol. The first kappa shape index (κ1) is 15.6. The van der Waals surface area contributed by atoms with Crippen molar-refractivity contribution in [3.63, 3.8) is 0 Å². The summed E-state index contributed by atoms with van der Waals surface area (Å²) in [6.07, 6.45) is 2.03. The number of para-hydroxylation sites is 1. The zero-order chi connectivity index (χ0) is 15.5. The highest BCUT2D eigenvalue weighted by Crippen LogP contribution is 2.27. The van der Waals surface area contributed by atoms with Crippen LogP contribution in [0, 0.1) is 0 Å². The Morgan fingerprint density at radius 1 is 1.43 bits per heavy atom. The van der Waals surface area contributed by atoms with Crippen LogP contribution in [0.25, 0.3) is 11.0 Å². The molecule has 1 heterocycles. The fourth-order valence-electron chi connectivity index (χ4n) is 2.05. The van der Waals surface area contributed by atoms with Gasteiger partial charge in [0.25, 0.3) is 0 Å². The van der Waals surface area contributed by atoms with E-state index < -0.39 is 10.0 Å². The van der Waals surface area contributed by atoms with Gasteiger partial charge in [-0.3, -0.25) is 0 Å². The van der Waals surface area contributed by atoms with Gasteiger partial charge >= 0.3 is 0 Å². The van der Waals surface area contributed by atoms with E-state index in [1.807, 2.05) is 25.1 Å². The van der Waals surface area contributed by atoms with Crippen LogP contribution < -0.4 is 15.2 Å². The van der Waals surface area contributed by atoms with Crippen molar-refractivity contribution in [1.29, 1.82) is 0 Å². The summed E-state index contributed by atoms with van der Waals surface area (Å²) in [4.78, 5) is 4.32. The van der Waals surface area contributed by atoms with Crippen molar-refractivity contribution in [1.82, 2.24) is 14.3 Å². The lowest BCUT2D eigenvalue weighted by Crippen LogP contribution is -2.26. The fourth-order valence-corrected chi connectivity index (χ4v) is 2.51. The second kappa shape index (κ2) is 6.31. The Labute approximate surface area is 124 Å². The Bertz CT molecular complexity index is 724. The zero-order valence-electron chi connectivity index (χ0n) is 12.2. The number of sulfonamides is 1. The number of benzene rings is 1. The summed E-state index contributed by atoms with van der Waals surface area (Å²) in [5, 5.41) is 0. The second-order valence-electron chi connectivity index (χ2n) is 4.76. The molecule has 0 aliphatic heterocycles. The van der Waals surface area contributed by atoms with Gasteiger partial charge in [-0.2, -0.15) is 0 Å². The first-order valence-electron chi connectivity index (χ1n) is 6.74. The van der Waals surface area contributed by atoms with Crippen LogP contribution in [0.3, 0.4) is 0 Å². The Hall–Kier alpha value is -1.80. The van der Waals surface area contributed by atoms with E-state index in [0.29, 0.717) is 30.4 Å². The highest BCUT2D eigenvalue weighted by atomic mass is 32.2. The number of fused-ring (bicyclic) bond motifs is 1. The number of ether oxygens (including phenoxy) is 1. The van der Waals surface area contributed by atoms with Crippen molar-refractivity contribution in [3.05, 3.63) is 18.2 Å². The topological polar surface area (TPSA) is 99.2 Å². The lowest BCUT2D eigenvalue weighted by Gasteiger charge is -2.08. The number of rotatable bonds is 7. The molecule has 0 fully saturated rings. The normalized spacial score (nSPS) is 11.9. The molecule has 0 saturated carbocycles. The van der Waals surface area contributed by atoms with E-state index in [2.05, 4.69) is 9.71 Å². The molecule has 2 rings (SSSR count). The molecule has 0 aliphatic rings. The first-order valence-corrected chi connectivity index (χ1v) is 8.63. The minimum Gasteiger partial charge on any atom is -0.491 e. The number of hydrogen-bond donors (Lipinski definition) is 2. The molecule has 0 unspecified atom stereocenters. The fraction of sp³-hybridized carbons (Fsp3) is 0.462. The Morgan fingerprint density at radius 3 is 2.86 bits per heavy atom. The maximum Gasteiger partial charge on any atom is 0.208 e. The van der Waals surface area contributed by atoms with Gasteiger partial charge in [-0.15, -0.1) is 0 Å². The Balaban J connectivity index is 2.26. The molecular formula is C13H20N4O3S. The van der Waals surface area contributed by atoms with Crippen LogP contribution in [-0.2, 0) is 16.6 Å². The van der Waals surface area contributed by atoms with Crippen molar-refractivity contribution in [2.24, 2.45) is 0 Å². The third-order valence-electron chi connectivity index (χ3n) is 2.93. The average molecular weight is 312 g/mol. The van der Waals surface area contributed by atoms with Crippen molar-refractivity contribution >= 4 is 27.0 Å². The van der Waals surface area contributed by atoms with Crippen LogP contribution in [0.5, 0.6) is 5.75 Å². The highest BCUT2D eigenvalue weighted by Gasteiger charge is 2.12. The van der Waals surface area contributed by atoms with Crippen LogP contribution in [0.4, 0.5) is 5.95 Å². The second-order valence-corrected chi connectivity index (χ2v) is 6.59. The smallest absolute Gasteiger partial charge is 0.208 e. The largest absolute Gasteiger partial charge is 0.491 e. The van der Waals surface area contributed by atoms with E-state index in [-0.39, 0.29) is 6.54 Å². The number of nitrogen functional groups attached to an aromatic ring is 1. The Kier molecular flexibility index (Phi) is 4.69. The maximum atomic E-state index is 11.1. The van der Waals surface area contributed by atoms with E-state index >= 15 is 0 Å². The molecule has 7 nitrogen and oxygen atoms in total. The summed E-state index contributed by atoms with van der Waals surface area (Å²) >= 11 is 0. The molecular weight excluding hydrogens is 292 g/mol. The van der Waals surface area contributed by atoms with Crippen molar-refractivity contribution in [2.75, 3.05) is 25.1 Å². The number of imidazole rings is 1. The van der Waals surface area contributed by atoms with Gasteiger partial charge in [-0.1, -0.05) is 13.0 Å². The number of nitrogens with two attached hydrogens (primary N) is 1. The number of aromatic nitrogens is 2. The zero-order valence-corrected chi connectivity index (χ0v) is 13.0. The quantitative estimate of drug-likeness (QED) is 0.793. The molecule has 8 heteroatoms. The molecule has 0 aliphatic carbocycles. The standard InChI is InChI=1S/C13H20N4O3S/c1-3-9-20-11-6-4-5-10-12(11)16-13(14)17(10)8-7-15-21(2,18)19/h4-6,15H,3,7-9H2,1-2H3,(H2,14,16). The summed E-state index contributed by atoms with van der Waals surface area (Å²) in [5.41, 5.74) is 7.45. The predicted molar refractivity (Wildman–Crippen MR) is 82.8 cm³/mol. The van der Waals surface area contributed by atoms with Gasteiger partial charge in [0.05, 0.1) is 18.4 Å². The van der Waals surface area contributed by atoms with E-state index in [1.54, 1.807) is 4.57 Å². The number of nitrogens with zero attached hydrogens (tertiary/aromatic N) is 2. The summed E-state index contributed by atoms with van der Waals surface area (Å²) in [6, 6.07) is 5.61. The molecule has 0 spiro atoms. The molecule has 116 valence electrons. The minimum absolute atomic E-state index is 0.258. The molecule has 0 atom stereocenters. The number of anilines is 1. The van der Waals surface area contributed by atoms with E-state index in [4.69, 9.17) is 10.5 Å². The third kappa shape index (κ3) is 3.85.